The molecule has 0 unspecified atom stereocenters. The Morgan fingerprint density at radius 1 is 1.32 bits per heavy atom. The molecule has 1 aliphatic rings. The van der Waals surface area contributed by atoms with E-state index < -0.39 is 17.2 Å². The molecule has 0 N–H and O–H groups in total. The van der Waals surface area contributed by atoms with Crippen molar-refractivity contribution in [3.05, 3.63) is 17.0 Å². The summed E-state index contributed by atoms with van der Waals surface area (Å²) in [5.74, 6) is 0.107. The third-order valence-corrected chi connectivity index (χ3v) is 2.94. The topological polar surface area (TPSA) is 44.2 Å². The minimum absolute atomic E-state index is 0.154. The van der Waals surface area contributed by atoms with Crippen molar-refractivity contribution in [1.82, 2.24) is 9.97 Å². The van der Waals surface area contributed by atoms with Gasteiger partial charge in [-0.3, -0.25) is 0 Å². The molecule has 0 radical (unpaired) electrons. The third-order valence-electron chi connectivity index (χ3n) is 2.77. The number of ether oxygens (including phenoxy) is 2. The quantitative estimate of drug-likeness (QED) is 0.805. The molecule has 0 spiro atoms. The Balaban J connectivity index is 2.01. The van der Waals surface area contributed by atoms with Gasteiger partial charge in [0.25, 0.3) is 0 Å². The Hall–Kier alpha value is -1.08. The normalized spacial score (nSPS) is 17.5. The lowest BCUT2D eigenvalue weighted by Gasteiger charge is -2.21. The summed E-state index contributed by atoms with van der Waals surface area (Å²) in [4.78, 5) is 6.76. The van der Waals surface area contributed by atoms with E-state index >= 15 is 0 Å². The number of nitrogens with zero attached hydrogens (tertiary/aromatic N) is 2. The van der Waals surface area contributed by atoms with Gasteiger partial charge in [-0.25, -0.2) is 4.98 Å². The highest BCUT2D eigenvalue weighted by atomic mass is 35.5. The molecule has 0 aromatic carbocycles. The first-order chi connectivity index (χ1) is 8.95. The van der Waals surface area contributed by atoms with Crippen LogP contribution in [0.3, 0.4) is 0 Å². The second-order valence-corrected chi connectivity index (χ2v) is 4.56. The van der Waals surface area contributed by atoms with Crippen molar-refractivity contribution >= 4 is 11.6 Å². The van der Waals surface area contributed by atoms with Crippen molar-refractivity contribution in [2.24, 2.45) is 5.92 Å². The van der Waals surface area contributed by atoms with Crippen molar-refractivity contribution < 1.29 is 22.6 Å². The Morgan fingerprint density at radius 2 is 2.00 bits per heavy atom. The van der Waals surface area contributed by atoms with Gasteiger partial charge in [0.15, 0.2) is 5.69 Å². The Morgan fingerprint density at radius 3 is 2.63 bits per heavy atom. The fourth-order valence-corrected chi connectivity index (χ4v) is 1.91. The molecule has 0 amide bonds. The van der Waals surface area contributed by atoms with Crippen molar-refractivity contribution in [2.45, 2.75) is 19.0 Å². The van der Waals surface area contributed by atoms with Gasteiger partial charge in [-0.15, -0.1) is 0 Å². The molecule has 2 rings (SSSR count). The lowest BCUT2D eigenvalue weighted by atomic mass is 10.0. The zero-order chi connectivity index (χ0) is 13.9. The van der Waals surface area contributed by atoms with E-state index in [4.69, 9.17) is 21.1 Å². The van der Waals surface area contributed by atoms with Gasteiger partial charge in [0.1, 0.15) is 0 Å². The average Bonchev–Trinajstić information content (AvgIpc) is 2.36. The standard InChI is InChI=1S/C11H12ClF3N2O2/c12-10-16-8(11(13,14)15)5-9(17-10)19-6-7-1-3-18-4-2-7/h5,7H,1-4,6H2. The number of halogens is 4. The summed E-state index contributed by atoms with van der Waals surface area (Å²) in [6.07, 6.45) is -2.92. The molecule has 1 saturated heterocycles. The Bertz CT molecular complexity index is 436. The summed E-state index contributed by atoms with van der Waals surface area (Å²) in [5, 5.41) is -0.475. The van der Waals surface area contributed by atoms with Crippen LogP contribution in [-0.2, 0) is 10.9 Å². The van der Waals surface area contributed by atoms with E-state index in [1.165, 1.54) is 0 Å². The highest BCUT2D eigenvalue weighted by molar-refractivity contribution is 6.28. The van der Waals surface area contributed by atoms with E-state index in [-0.39, 0.29) is 11.8 Å². The first-order valence-corrected chi connectivity index (χ1v) is 6.15. The van der Waals surface area contributed by atoms with Gasteiger partial charge >= 0.3 is 6.18 Å². The molecule has 0 aliphatic carbocycles. The van der Waals surface area contributed by atoms with E-state index in [1.54, 1.807) is 0 Å². The van der Waals surface area contributed by atoms with Crippen LogP contribution in [0.5, 0.6) is 5.88 Å². The largest absolute Gasteiger partial charge is 0.477 e. The molecule has 0 bridgehead atoms. The van der Waals surface area contributed by atoms with Crippen LogP contribution in [0, 0.1) is 5.92 Å². The van der Waals surface area contributed by atoms with Gasteiger partial charge in [0, 0.05) is 19.3 Å². The third kappa shape index (κ3) is 4.21. The van der Waals surface area contributed by atoms with Crippen LogP contribution in [0.25, 0.3) is 0 Å². The van der Waals surface area contributed by atoms with Gasteiger partial charge in [-0.05, 0) is 30.4 Å². The number of aromatic nitrogens is 2. The highest BCUT2D eigenvalue weighted by Crippen LogP contribution is 2.30. The molecule has 1 aliphatic heterocycles. The Kier molecular flexibility index (Phi) is 4.46. The number of hydrogen-bond acceptors (Lipinski definition) is 4. The molecular formula is C11H12ClF3N2O2. The summed E-state index contributed by atoms with van der Waals surface area (Å²) in [6.45, 7) is 1.59. The van der Waals surface area contributed by atoms with Crippen LogP contribution in [-0.4, -0.2) is 29.8 Å². The van der Waals surface area contributed by atoms with Crippen LogP contribution in [0.2, 0.25) is 5.28 Å². The maximum Gasteiger partial charge on any atom is 0.433 e. The van der Waals surface area contributed by atoms with Crippen molar-refractivity contribution in [1.29, 1.82) is 0 Å². The highest BCUT2D eigenvalue weighted by Gasteiger charge is 2.34. The second kappa shape index (κ2) is 5.92. The molecule has 1 aromatic rings. The van der Waals surface area contributed by atoms with Crippen molar-refractivity contribution in [2.75, 3.05) is 19.8 Å². The zero-order valence-corrected chi connectivity index (χ0v) is 10.7. The van der Waals surface area contributed by atoms with Crippen LogP contribution < -0.4 is 4.74 Å². The van der Waals surface area contributed by atoms with E-state index in [9.17, 15) is 13.2 Å². The van der Waals surface area contributed by atoms with E-state index in [2.05, 4.69) is 9.97 Å². The van der Waals surface area contributed by atoms with Gasteiger partial charge in [-0.2, -0.15) is 18.2 Å². The van der Waals surface area contributed by atoms with Gasteiger partial charge in [-0.1, -0.05) is 0 Å². The molecule has 19 heavy (non-hydrogen) atoms. The molecular weight excluding hydrogens is 285 g/mol. The molecule has 0 atom stereocenters. The predicted octanol–water partition coefficient (Wildman–Crippen LogP) is 2.95. The molecule has 106 valence electrons. The van der Waals surface area contributed by atoms with Crippen LogP contribution in [0.4, 0.5) is 13.2 Å². The Labute approximate surface area is 112 Å². The first-order valence-electron chi connectivity index (χ1n) is 5.77. The molecule has 8 heteroatoms. The first kappa shape index (κ1) is 14.3. The van der Waals surface area contributed by atoms with E-state index in [1.807, 2.05) is 0 Å². The van der Waals surface area contributed by atoms with Crippen molar-refractivity contribution in [3.8, 4) is 5.88 Å². The van der Waals surface area contributed by atoms with Crippen LogP contribution in [0.1, 0.15) is 18.5 Å². The predicted molar refractivity (Wildman–Crippen MR) is 61.1 cm³/mol. The molecule has 1 aromatic heterocycles. The van der Waals surface area contributed by atoms with Gasteiger partial charge in [0.2, 0.25) is 11.2 Å². The van der Waals surface area contributed by atoms with Crippen LogP contribution in [0.15, 0.2) is 6.07 Å². The van der Waals surface area contributed by atoms with Crippen LogP contribution >= 0.6 is 11.6 Å². The van der Waals surface area contributed by atoms with Gasteiger partial charge in [0.05, 0.1) is 6.61 Å². The summed E-state index contributed by atoms with van der Waals surface area (Å²) >= 11 is 5.46. The SMILES string of the molecule is FC(F)(F)c1cc(OCC2CCOCC2)nc(Cl)n1. The lowest BCUT2D eigenvalue weighted by Crippen LogP contribution is -2.22. The zero-order valence-electron chi connectivity index (χ0n) is 9.91. The molecule has 0 saturated carbocycles. The molecule has 2 heterocycles. The fourth-order valence-electron chi connectivity index (χ4n) is 1.73. The summed E-state index contributed by atoms with van der Waals surface area (Å²) in [5.41, 5.74) is -1.10. The second-order valence-electron chi connectivity index (χ2n) is 4.22. The maximum absolute atomic E-state index is 12.5. The maximum atomic E-state index is 12.5. The van der Waals surface area contributed by atoms with E-state index in [0.717, 1.165) is 18.9 Å². The molecule has 4 nitrogen and oxygen atoms in total. The molecule has 1 fully saturated rings. The fraction of sp³-hybridized carbons (Fsp3) is 0.636. The number of hydrogen-bond donors (Lipinski definition) is 0. The van der Waals surface area contributed by atoms with Crippen molar-refractivity contribution in [3.63, 3.8) is 0 Å². The number of rotatable bonds is 3. The number of alkyl halides is 3. The average molecular weight is 297 g/mol. The van der Waals surface area contributed by atoms with E-state index in [0.29, 0.717) is 19.8 Å². The summed E-state index contributed by atoms with van der Waals surface area (Å²) in [7, 11) is 0. The lowest BCUT2D eigenvalue weighted by molar-refractivity contribution is -0.141. The van der Waals surface area contributed by atoms with Gasteiger partial charge < -0.3 is 9.47 Å². The monoisotopic (exact) mass is 296 g/mol. The minimum atomic E-state index is -4.57. The minimum Gasteiger partial charge on any atom is -0.477 e. The summed E-state index contributed by atoms with van der Waals surface area (Å²) in [6, 6.07) is 0.755. The smallest absolute Gasteiger partial charge is 0.433 e. The summed E-state index contributed by atoms with van der Waals surface area (Å²) < 4.78 is 48.0.